The standard InChI is InChI=1S/C13H15NO/c1-9(10(2)15)12-5-3-4-11-8-14-7-6-13(11)12/h3-10,15H,1-2H3. The number of nitrogens with zero attached hydrogens (tertiary/aromatic N) is 1. The predicted molar refractivity (Wildman–Crippen MR) is 61.8 cm³/mol. The van der Waals surface area contributed by atoms with Crippen LogP contribution in [0.2, 0.25) is 0 Å². The largest absolute Gasteiger partial charge is 0.393 e. The molecule has 0 bridgehead atoms. The molecule has 0 spiro atoms. The molecule has 0 aliphatic rings. The second-order valence-corrected chi connectivity index (χ2v) is 3.97. The molecule has 15 heavy (non-hydrogen) atoms. The van der Waals surface area contributed by atoms with Crippen molar-refractivity contribution in [1.29, 1.82) is 0 Å². The molecule has 2 atom stereocenters. The Kier molecular flexibility index (Phi) is 2.69. The first kappa shape index (κ1) is 10.1. The highest BCUT2D eigenvalue weighted by atomic mass is 16.3. The normalized spacial score (nSPS) is 15.1. The van der Waals surface area contributed by atoms with Crippen LogP contribution in [0.25, 0.3) is 10.8 Å². The van der Waals surface area contributed by atoms with Crippen molar-refractivity contribution in [3.8, 4) is 0 Å². The maximum absolute atomic E-state index is 9.62. The van der Waals surface area contributed by atoms with Crippen LogP contribution in [0.5, 0.6) is 0 Å². The van der Waals surface area contributed by atoms with Gasteiger partial charge in [-0.05, 0) is 23.9 Å². The molecule has 78 valence electrons. The van der Waals surface area contributed by atoms with E-state index >= 15 is 0 Å². The second kappa shape index (κ2) is 3.99. The fraction of sp³-hybridized carbons (Fsp3) is 0.308. The molecule has 2 unspecified atom stereocenters. The summed E-state index contributed by atoms with van der Waals surface area (Å²) in [4.78, 5) is 4.10. The lowest BCUT2D eigenvalue weighted by Gasteiger charge is -2.17. The Morgan fingerprint density at radius 1 is 1.20 bits per heavy atom. The highest BCUT2D eigenvalue weighted by Crippen LogP contribution is 2.26. The number of hydrogen-bond donors (Lipinski definition) is 1. The minimum Gasteiger partial charge on any atom is -0.393 e. The van der Waals surface area contributed by atoms with E-state index in [0.717, 1.165) is 5.39 Å². The summed E-state index contributed by atoms with van der Waals surface area (Å²) in [5.74, 6) is 0.149. The Morgan fingerprint density at radius 2 is 2.00 bits per heavy atom. The first-order valence-corrected chi connectivity index (χ1v) is 5.21. The highest BCUT2D eigenvalue weighted by molar-refractivity contribution is 5.85. The van der Waals surface area contributed by atoms with Crippen LogP contribution in [-0.2, 0) is 0 Å². The Morgan fingerprint density at radius 3 is 2.73 bits per heavy atom. The molecule has 1 heterocycles. The fourth-order valence-corrected chi connectivity index (χ4v) is 1.80. The van der Waals surface area contributed by atoms with Crippen LogP contribution in [-0.4, -0.2) is 16.2 Å². The summed E-state index contributed by atoms with van der Waals surface area (Å²) in [6, 6.07) is 8.13. The fourth-order valence-electron chi connectivity index (χ4n) is 1.80. The molecule has 2 aromatic rings. The number of aliphatic hydroxyl groups is 1. The van der Waals surface area contributed by atoms with Gasteiger partial charge in [-0.1, -0.05) is 25.1 Å². The molecule has 2 nitrogen and oxygen atoms in total. The van der Waals surface area contributed by atoms with Gasteiger partial charge in [0.25, 0.3) is 0 Å². The zero-order chi connectivity index (χ0) is 10.8. The van der Waals surface area contributed by atoms with Crippen molar-refractivity contribution >= 4 is 10.8 Å². The van der Waals surface area contributed by atoms with Gasteiger partial charge in [0.15, 0.2) is 0 Å². The molecule has 0 fully saturated rings. The summed E-state index contributed by atoms with van der Waals surface area (Å²) < 4.78 is 0. The molecule has 0 amide bonds. The Hall–Kier alpha value is -1.41. The van der Waals surface area contributed by atoms with Crippen LogP contribution in [0.1, 0.15) is 25.3 Å². The number of hydrogen-bond acceptors (Lipinski definition) is 2. The van der Waals surface area contributed by atoms with Gasteiger partial charge in [-0.15, -0.1) is 0 Å². The van der Waals surface area contributed by atoms with Crippen molar-refractivity contribution in [2.45, 2.75) is 25.9 Å². The first-order valence-electron chi connectivity index (χ1n) is 5.21. The van der Waals surface area contributed by atoms with Gasteiger partial charge < -0.3 is 5.11 Å². The Bertz CT molecular complexity index is 460. The lowest BCUT2D eigenvalue weighted by molar-refractivity contribution is 0.169. The second-order valence-electron chi connectivity index (χ2n) is 3.97. The number of rotatable bonds is 2. The monoisotopic (exact) mass is 201 g/mol. The zero-order valence-corrected chi connectivity index (χ0v) is 9.01. The molecule has 0 saturated heterocycles. The number of fused-ring (bicyclic) bond motifs is 1. The summed E-state index contributed by atoms with van der Waals surface area (Å²) in [5, 5.41) is 11.9. The van der Waals surface area contributed by atoms with Crippen LogP contribution in [0, 0.1) is 0 Å². The van der Waals surface area contributed by atoms with Crippen LogP contribution in [0.3, 0.4) is 0 Å². The van der Waals surface area contributed by atoms with E-state index in [2.05, 4.69) is 11.1 Å². The van der Waals surface area contributed by atoms with Crippen LogP contribution in [0.4, 0.5) is 0 Å². The summed E-state index contributed by atoms with van der Waals surface area (Å²) in [5.41, 5.74) is 1.19. The van der Waals surface area contributed by atoms with E-state index in [1.54, 1.807) is 6.20 Å². The molecule has 2 rings (SSSR count). The Labute approximate surface area is 89.6 Å². The van der Waals surface area contributed by atoms with Crippen molar-refractivity contribution in [2.75, 3.05) is 0 Å². The van der Waals surface area contributed by atoms with E-state index in [1.807, 2.05) is 38.2 Å². The minimum atomic E-state index is -0.330. The molecular formula is C13H15NO. The van der Waals surface area contributed by atoms with Crippen LogP contribution >= 0.6 is 0 Å². The van der Waals surface area contributed by atoms with Crippen molar-refractivity contribution in [3.63, 3.8) is 0 Å². The van der Waals surface area contributed by atoms with E-state index in [1.165, 1.54) is 10.9 Å². The van der Waals surface area contributed by atoms with E-state index in [9.17, 15) is 5.11 Å². The molecule has 0 aliphatic heterocycles. The lowest BCUT2D eigenvalue weighted by atomic mass is 9.92. The van der Waals surface area contributed by atoms with Crippen LogP contribution < -0.4 is 0 Å². The van der Waals surface area contributed by atoms with E-state index in [4.69, 9.17) is 0 Å². The third-order valence-electron chi connectivity index (χ3n) is 2.93. The summed E-state index contributed by atoms with van der Waals surface area (Å²) in [6.07, 6.45) is 3.32. The van der Waals surface area contributed by atoms with Gasteiger partial charge in [0.05, 0.1) is 6.10 Å². The van der Waals surface area contributed by atoms with Gasteiger partial charge in [0, 0.05) is 23.7 Å². The predicted octanol–water partition coefficient (Wildman–Crippen LogP) is 2.72. The summed E-state index contributed by atoms with van der Waals surface area (Å²) >= 11 is 0. The van der Waals surface area contributed by atoms with E-state index in [0.29, 0.717) is 0 Å². The van der Waals surface area contributed by atoms with E-state index in [-0.39, 0.29) is 12.0 Å². The molecule has 1 aromatic heterocycles. The van der Waals surface area contributed by atoms with Gasteiger partial charge >= 0.3 is 0 Å². The molecule has 2 heteroatoms. The highest BCUT2D eigenvalue weighted by Gasteiger charge is 2.13. The zero-order valence-electron chi connectivity index (χ0n) is 9.01. The van der Waals surface area contributed by atoms with Gasteiger partial charge in [-0.2, -0.15) is 0 Å². The maximum atomic E-state index is 9.62. The third-order valence-corrected chi connectivity index (χ3v) is 2.93. The molecule has 0 radical (unpaired) electrons. The SMILES string of the molecule is CC(O)C(C)c1cccc2cnccc12. The van der Waals surface area contributed by atoms with Crippen molar-refractivity contribution in [1.82, 2.24) is 4.98 Å². The van der Waals surface area contributed by atoms with Crippen LogP contribution in [0.15, 0.2) is 36.7 Å². The third kappa shape index (κ3) is 1.85. The topological polar surface area (TPSA) is 33.1 Å². The number of aromatic nitrogens is 1. The summed E-state index contributed by atoms with van der Waals surface area (Å²) in [7, 11) is 0. The molecule has 1 N–H and O–H groups in total. The van der Waals surface area contributed by atoms with Crippen molar-refractivity contribution in [3.05, 3.63) is 42.2 Å². The van der Waals surface area contributed by atoms with Gasteiger partial charge in [-0.3, -0.25) is 4.98 Å². The van der Waals surface area contributed by atoms with Crippen molar-refractivity contribution in [2.24, 2.45) is 0 Å². The van der Waals surface area contributed by atoms with Gasteiger partial charge in [0.1, 0.15) is 0 Å². The molecular weight excluding hydrogens is 186 g/mol. The van der Waals surface area contributed by atoms with Gasteiger partial charge in [-0.25, -0.2) is 0 Å². The average molecular weight is 201 g/mol. The number of aliphatic hydroxyl groups excluding tert-OH is 1. The lowest BCUT2D eigenvalue weighted by Crippen LogP contribution is -2.11. The van der Waals surface area contributed by atoms with E-state index < -0.39 is 0 Å². The molecule has 1 aromatic carbocycles. The number of benzene rings is 1. The Balaban J connectivity index is 2.60. The maximum Gasteiger partial charge on any atom is 0.0578 e. The minimum absolute atomic E-state index is 0.149. The average Bonchev–Trinajstić information content (AvgIpc) is 2.27. The quantitative estimate of drug-likeness (QED) is 0.810. The number of pyridine rings is 1. The molecule has 0 aliphatic carbocycles. The summed E-state index contributed by atoms with van der Waals surface area (Å²) in [6.45, 7) is 3.87. The first-order chi connectivity index (χ1) is 7.20. The molecule has 0 saturated carbocycles. The van der Waals surface area contributed by atoms with Gasteiger partial charge in [0.2, 0.25) is 0 Å². The van der Waals surface area contributed by atoms with Crippen molar-refractivity contribution < 1.29 is 5.11 Å². The smallest absolute Gasteiger partial charge is 0.0578 e.